The lowest BCUT2D eigenvalue weighted by Crippen LogP contribution is -2.38. The second-order valence-electron chi connectivity index (χ2n) is 6.49. The molecule has 20 heavy (non-hydrogen) atoms. The van der Waals surface area contributed by atoms with E-state index in [0.717, 1.165) is 25.6 Å². The van der Waals surface area contributed by atoms with Gasteiger partial charge in [-0.15, -0.1) is 0 Å². The molecular weight excluding hydrogens is 248 g/mol. The summed E-state index contributed by atoms with van der Waals surface area (Å²) in [5.74, 6) is 0. The molecule has 2 heterocycles. The Bertz CT molecular complexity index is 424. The maximum Gasteiger partial charge on any atom is 0.0765 e. The molecule has 4 heteroatoms. The molecule has 0 bridgehead atoms. The average Bonchev–Trinajstić information content (AvgIpc) is 3.00. The van der Waals surface area contributed by atoms with Crippen LogP contribution in [0.5, 0.6) is 0 Å². The molecule has 2 aliphatic rings. The molecule has 112 valence electrons. The van der Waals surface area contributed by atoms with Crippen molar-refractivity contribution < 1.29 is 0 Å². The summed E-state index contributed by atoms with van der Waals surface area (Å²) in [5.41, 5.74) is 1.23. The number of aromatic nitrogens is 2. The van der Waals surface area contributed by atoms with Crippen LogP contribution in [0.15, 0.2) is 12.3 Å². The van der Waals surface area contributed by atoms with E-state index in [1.165, 1.54) is 37.9 Å². The maximum absolute atomic E-state index is 4.74. The van der Waals surface area contributed by atoms with Gasteiger partial charge in [-0.05, 0) is 51.6 Å². The summed E-state index contributed by atoms with van der Waals surface area (Å²) in [6.45, 7) is 7.85. The third-order valence-electron chi connectivity index (χ3n) is 4.79. The predicted molar refractivity (Wildman–Crippen MR) is 81.7 cm³/mol. The van der Waals surface area contributed by atoms with Crippen molar-refractivity contribution in [2.24, 2.45) is 0 Å². The van der Waals surface area contributed by atoms with E-state index < -0.39 is 0 Å². The largest absolute Gasteiger partial charge is 0.312 e. The summed E-state index contributed by atoms with van der Waals surface area (Å²) in [5, 5.41) is 8.42. The number of nitrogens with one attached hydrogen (secondary N) is 1. The third-order valence-corrected chi connectivity index (χ3v) is 4.79. The molecule has 4 nitrogen and oxygen atoms in total. The highest BCUT2D eigenvalue weighted by molar-refractivity contribution is 5.01. The standard InChI is InChI=1S/C16H28N4/c1-3-13(2)20-10-8-15(18-20)12-19-9-4-5-16(19)11-17-14-6-7-14/h8,10,13-14,16-17H,3-7,9,11-12H2,1-2H3. The van der Waals surface area contributed by atoms with Gasteiger partial charge >= 0.3 is 0 Å². The number of rotatable bonds is 7. The summed E-state index contributed by atoms with van der Waals surface area (Å²) in [6, 6.07) is 4.23. The van der Waals surface area contributed by atoms with Crippen LogP contribution < -0.4 is 5.32 Å². The lowest BCUT2D eigenvalue weighted by molar-refractivity contribution is 0.235. The molecular formula is C16H28N4. The number of hydrogen-bond donors (Lipinski definition) is 1. The Balaban J connectivity index is 1.53. The van der Waals surface area contributed by atoms with E-state index in [-0.39, 0.29) is 0 Å². The molecule has 0 spiro atoms. The van der Waals surface area contributed by atoms with E-state index >= 15 is 0 Å². The van der Waals surface area contributed by atoms with Gasteiger partial charge in [-0.2, -0.15) is 5.10 Å². The lowest BCUT2D eigenvalue weighted by atomic mass is 10.2. The van der Waals surface area contributed by atoms with Crippen molar-refractivity contribution in [2.45, 2.75) is 70.6 Å². The van der Waals surface area contributed by atoms with E-state index in [9.17, 15) is 0 Å². The fourth-order valence-corrected chi connectivity index (χ4v) is 3.03. The minimum Gasteiger partial charge on any atom is -0.312 e. The van der Waals surface area contributed by atoms with E-state index in [4.69, 9.17) is 5.10 Å². The van der Waals surface area contributed by atoms with Gasteiger partial charge < -0.3 is 5.32 Å². The first kappa shape index (κ1) is 14.1. The van der Waals surface area contributed by atoms with Gasteiger partial charge in [-0.1, -0.05) is 6.92 Å². The van der Waals surface area contributed by atoms with Crippen LogP contribution in [0.3, 0.4) is 0 Å². The molecule has 2 unspecified atom stereocenters. The molecule has 1 saturated heterocycles. The first-order chi connectivity index (χ1) is 9.76. The summed E-state index contributed by atoms with van der Waals surface area (Å²) in [7, 11) is 0. The normalized spacial score (nSPS) is 25.2. The van der Waals surface area contributed by atoms with Gasteiger partial charge in [-0.25, -0.2) is 0 Å². The Morgan fingerprint density at radius 2 is 2.25 bits per heavy atom. The zero-order valence-corrected chi connectivity index (χ0v) is 12.9. The Morgan fingerprint density at radius 1 is 1.40 bits per heavy atom. The van der Waals surface area contributed by atoms with Crippen molar-refractivity contribution in [3.05, 3.63) is 18.0 Å². The molecule has 1 aliphatic carbocycles. The molecule has 0 radical (unpaired) electrons. The first-order valence-corrected chi connectivity index (χ1v) is 8.27. The molecule has 3 rings (SSSR count). The Kier molecular flexibility index (Phi) is 4.41. The second-order valence-corrected chi connectivity index (χ2v) is 6.49. The number of nitrogens with zero attached hydrogens (tertiary/aromatic N) is 3. The molecule has 0 aromatic carbocycles. The van der Waals surface area contributed by atoms with Crippen molar-refractivity contribution >= 4 is 0 Å². The molecule has 0 amide bonds. The molecule has 1 saturated carbocycles. The van der Waals surface area contributed by atoms with Crippen LogP contribution in [0.2, 0.25) is 0 Å². The predicted octanol–water partition coefficient (Wildman–Crippen LogP) is 2.57. The van der Waals surface area contributed by atoms with Crippen LogP contribution in [-0.4, -0.2) is 39.9 Å². The fourth-order valence-electron chi connectivity index (χ4n) is 3.03. The quantitative estimate of drug-likeness (QED) is 0.831. The Hall–Kier alpha value is -0.870. The lowest BCUT2D eigenvalue weighted by Gasteiger charge is -2.24. The molecule has 2 atom stereocenters. The fraction of sp³-hybridized carbons (Fsp3) is 0.812. The SMILES string of the molecule is CCC(C)n1ccc(CN2CCCC2CNC2CC2)n1. The van der Waals surface area contributed by atoms with Crippen LogP contribution in [0, 0.1) is 0 Å². The van der Waals surface area contributed by atoms with Gasteiger partial charge in [-0.3, -0.25) is 9.58 Å². The van der Waals surface area contributed by atoms with Crippen LogP contribution in [-0.2, 0) is 6.54 Å². The zero-order valence-electron chi connectivity index (χ0n) is 12.9. The summed E-state index contributed by atoms with van der Waals surface area (Å²) < 4.78 is 2.11. The van der Waals surface area contributed by atoms with E-state index in [1.54, 1.807) is 0 Å². The van der Waals surface area contributed by atoms with E-state index in [1.807, 2.05) is 0 Å². The molecule has 1 aromatic heterocycles. The van der Waals surface area contributed by atoms with Crippen molar-refractivity contribution in [3.63, 3.8) is 0 Å². The smallest absolute Gasteiger partial charge is 0.0765 e. The van der Waals surface area contributed by atoms with E-state index in [2.05, 4.69) is 41.0 Å². The van der Waals surface area contributed by atoms with Crippen molar-refractivity contribution in [1.82, 2.24) is 20.0 Å². The summed E-state index contributed by atoms with van der Waals surface area (Å²) in [6.07, 6.45) is 8.71. The summed E-state index contributed by atoms with van der Waals surface area (Å²) in [4.78, 5) is 2.61. The van der Waals surface area contributed by atoms with Crippen LogP contribution >= 0.6 is 0 Å². The topological polar surface area (TPSA) is 33.1 Å². The number of likely N-dealkylation sites (tertiary alicyclic amines) is 1. The highest BCUT2D eigenvalue weighted by Crippen LogP contribution is 2.22. The minimum absolute atomic E-state index is 0.509. The van der Waals surface area contributed by atoms with Crippen molar-refractivity contribution in [1.29, 1.82) is 0 Å². The van der Waals surface area contributed by atoms with Gasteiger partial charge in [0.25, 0.3) is 0 Å². The highest BCUT2D eigenvalue weighted by atomic mass is 15.3. The molecule has 1 aromatic rings. The molecule has 1 N–H and O–H groups in total. The highest BCUT2D eigenvalue weighted by Gasteiger charge is 2.28. The zero-order chi connectivity index (χ0) is 13.9. The van der Waals surface area contributed by atoms with Gasteiger partial charge in [0.2, 0.25) is 0 Å². The maximum atomic E-state index is 4.74. The van der Waals surface area contributed by atoms with Gasteiger partial charge in [0.05, 0.1) is 5.69 Å². The Morgan fingerprint density at radius 3 is 3.00 bits per heavy atom. The average molecular weight is 276 g/mol. The van der Waals surface area contributed by atoms with Crippen molar-refractivity contribution in [3.8, 4) is 0 Å². The van der Waals surface area contributed by atoms with Crippen molar-refractivity contribution in [2.75, 3.05) is 13.1 Å². The third kappa shape index (κ3) is 3.41. The van der Waals surface area contributed by atoms with Crippen LogP contribution in [0.25, 0.3) is 0 Å². The Labute approximate surface area is 122 Å². The molecule has 2 fully saturated rings. The van der Waals surface area contributed by atoms with Gasteiger partial charge in [0.15, 0.2) is 0 Å². The summed E-state index contributed by atoms with van der Waals surface area (Å²) >= 11 is 0. The van der Waals surface area contributed by atoms with Crippen LogP contribution in [0.1, 0.15) is 57.7 Å². The van der Waals surface area contributed by atoms with Crippen LogP contribution in [0.4, 0.5) is 0 Å². The van der Waals surface area contributed by atoms with Gasteiger partial charge in [0, 0.05) is 37.4 Å². The van der Waals surface area contributed by atoms with E-state index in [0.29, 0.717) is 12.1 Å². The molecule has 1 aliphatic heterocycles. The monoisotopic (exact) mass is 276 g/mol. The first-order valence-electron chi connectivity index (χ1n) is 8.27. The second kappa shape index (κ2) is 6.27. The number of hydrogen-bond acceptors (Lipinski definition) is 3. The minimum atomic E-state index is 0.509. The van der Waals surface area contributed by atoms with Gasteiger partial charge in [0.1, 0.15) is 0 Å².